The molecule has 0 aliphatic heterocycles. The summed E-state index contributed by atoms with van der Waals surface area (Å²) >= 11 is 0. The highest BCUT2D eigenvalue weighted by Crippen LogP contribution is 2.30. The van der Waals surface area contributed by atoms with E-state index in [1.165, 1.54) is 18.0 Å². The predicted molar refractivity (Wildman–Crippen MR) is 122 cm³/mol. The lowest BCUT2D eigenvalue weighted by atomic mass is 10.2. The van der Waals surface area contributed by atoms with Crippen molar-refractivity contribution in [3.8, 4) is 11.4 Å². The highest BCUT2D eigenvalue weighted by molar-refractivity contribution is 5.84. The van der Waals surface area contributed by atoms with Crippen LogP contribution >= 0.6 is 0 Å². The van der Waals surface area contributed by atoms with E-state index in [0.717, 1.165) is 23.9 Å². The molecule has 1 atom stereocenters. The Kier molecular flexibility index (Phi) is 12.9. The lowest BCUT2D eigenvalue weighted by Gasteiger charge is -2.11. The summed E-state index contributed by atoms with van der Waals surface area (Å²) in [6.45, 7) is -0.594. The summed E-state index contributed by atoms with van der Waals surface area (Å²) in [4.78, 5) is 47.9. The molecule has 0 fully saturated rings. The van der Waals surface area contributed by atoms with Crippen molar-refractivity contribution in [1.29, 1.82) is 0 Å². The molecule has 0 radical (unpaired) electrons. The Morgan fingerprint density at radius 3 is 2.30 bits per heavy atom. The number of alkyl halides is 6. The summed E-state index contributed by atoms with van der Waals surface area (Å²) in [7, 11) is 1.21. The van der Waals surface area contributed by atoms with Crippen LogP contribution in [0.25, 0.3) is 11.4 Å². The van der Waals surface area contributed by atoms with E-state index in [9.17, 15) is 35.9 Å². The molecule has 3 aromatic rings. The fraction of sp³-hybridized carbons (Fsp3) is 0.318. The van der Waals surface area contributed by atoms with Crippen molar-refractivity contribution in [2.45, 2.75) is 32.7 Å². The lowest BCUT2D eigenvalue weighted by molar-refractivity contribution is -0.191. The standard InChI is InChI=1S/C20H20F3N7O3.CHF3.CO2/c1-11-6-14(15-10-30(29-28-15)12(2)19(32)25-9-18(31)33-3)26-17(7-11)27-16-8-13(4-5-24-16)20(21,22)23;2-1(3)4;2-1-3/h4-8,10,12H,9H2,1-3H3,(H,25,32)(H,24,26,27);1H;/t12-;;/m0../s1. The van der Waals surface area contributed by atoms with Crippen LogP contribution in [-0.2, 0) is 30.1 Å². The van der Waals surface area contributed by atoms with Crippen LogP contribution in [0, 0.1) is 6.92 Å². The van der Waals surface area contributed by atoms with E-state index in [0.29, 0.717) is 11.4 Å². The maximum atomic E-state index is 12.9. The van der Waals surface area contributed by atoms with Gasteiger partial charge in [-0.15, -0.1) is 5.10 Å². The third-order valence-corrected chi connectivity index (χ3v) is 4.50. The van der Waals surface area contributed by atoms with E-state index in [1.807, 2.05) is 0 Å². The number of pyridine rings is 2. The number of aromatic nitrogens is 5. The third-order valence-electron chi connectivity index (χ3n) is 4.50. The van der Waals surface area contributed by atoms with E-state index in [4.69, 9.17) is 9.59 Å². The number of ether oxygens (including phenoxy) is 1. The molecule has 0 saturated heterocycles. The molecule has 0 aromatic carbocycles. The minimum atomic E-state index is -4.50. The molecule has 12 nitrogen and oxygen atoms in total. The zero-order valence-corrected chi connectivity index (χ0v) is 20.9. The first-order valence-electron chi connectivity index (χ1n) is 10.7. The van der Waals surface area contributed by atoms with Crippen LogP contribution in [0.3, 0.4) is 0 Å². The van der Waals surface area contributed by atoms with Gasteiger partial charge in [0.2, 0.25) is 5.91 Å². The van der Waals surface area contributed by atoms with Gasteiger partial charge in [-0.3, -0.25) is 9.59 Å². The number of rotatable bonds is 7. The second kappa shape index (κ2) is 15.5. The number of nitrogens with zero attached hydrogens (tertiary/aromatic N) is 5. The molecule has 216 valence electrons. The number of amides is 1. The molecule has 3 aromatic heterocycles. The summed E-state index contributed by atoms with van der Waals surface area (Å²) < 4.78 is 73.6. The summed E-state index contributed by atoms with van der Waals surface area (Å²) in [6, 6.07) is 4.34. The van der Waals surface area contributed by atoms with Gasteiger partial charge in [-0.25, -0.2) is 14.6 Å². The molecular formula is C22H21F6N7O5. The van der Waals surface area contributed by atoms with E-state index in [2.05, 4.69) is 35.7 Å². The molecule has 0 unspecified atom stereocenters. The Morgan fingerprint density at radius 2 is 1.73 bits per heavy atom. The molecule has 1 amide bonds. The van der Waals surface area contributed by atoms with Gasteiger partial charge in [0.1, 0.15) is 29.9 Å². The molecule has 0 bridgehead atoms. The zero-order chi connectivity index (χ0) is 30.5. The van der Waals surface area contributed by atoms with E-state index in [-0.39, 0.29) is 24.3 Å². The van der Waals surface area contributed by atoms with Crippen molar-refractivity contribution >= 4 is 29.7 Å². The third kappa shape index (κ3) is 11.3. The second-order valence-electron chi connectivity index (χ2n) is 7.35. The van der Waals surface area contributed by atoms with Gasteiger partial charge in [-0.05, 0) is 43.7 Å². The van der Waals surface area contributed by atoms with Gasteiger partial charge < -0.3 is 15.4 Å². The first-order chi connectivity index (χ1) is 18.7. The molecule has 0 aliphatic carbocycles. The molecule has 3 heterocycles. The summed E-state index contributed by atoms with van der Waals surface area (Å²) in [6.07, 6.45) is -1.69. The van der Waals surface area contributed by atoms with Gasteiger partial charge in [0.05, 0.1) is 24.6 Å². The number of carbonyl (C=O) groups is 2. The van der Waals surface area contributed by atoms with Crippen LogP contribution in [0.2, 0.25) is 0 Å². The first kappa shape index (κ1) is 33.2. The topological polar surface area (TPSA) is 158 Å². The predicted octanol–water partition coefficient (Wildman–Crippen LogP) is 3.25. The maximum absolute atomic E-state index is 12.9. The zero-order valence-electron chi connectivity index (χ0n) is 20.9. The fourth-order valence-corrected chi connectivity index (χ4v) is 2.75. The van der Waals surface area contributed by atoms with Gasteiger partial charge in [0.25, 0.3) is 0 Å². The van der Waals surface area contributed by atoms with Crippen LogP contribution in [0.5, 0.6) is 0 Å². The van der Waals surface area contributed by atoms with Gasteiger partial charge >= 0.3 is 25.0 Å². The number of nitrogens with one attached hydrogen (secondary N) is 2. The smallest absolute Gasteiger partial charge is 0.416 e. The summed E-state index contributed by atoms with van der Waals surface area (Å²) in [5.74, 6) is -0.815. The van der Waals surface area contributed by atoms with Crippen molar-refractivity contribution in [3.05, 3.63) is 47.8 Å². The minimum absolute atomic E-state index is 0.0200. The Morgan fingerprint density at radius 1 is 1.10 bits per heavy atom. The van der Waals surface area contributed by atoms with E-state index < -0.39 is 36.3 Å². The molecular weight excluding hydrogens is 556 g/mol. The van der Waals surface area contributed by atoms with E-state index in [1.54, 1.807) is 26.0 Å². The summed E-state index contributed by atoms with van der Waals surface area (Å²) in [5, 5.41) is 13.1. The quantitative estimate of drug-likeness (QED) is 0.315. The fourth-order valence-electron chi connectivity index (χ4n) is 2.75. The molecule has 0 aliphatic rings. The number of hydrogen-bond acceptors (Lipinski definition) is 10. The number of anilines is 2. The molecule has 0 spiro atoms. The van der Waals surface area contributed by atoms with Gasteiger partial charge in [-0.2, -0.15) is 35.9 Å². The summed E-state index contributed by atoms with van der Waals surface area (Å²) in [5.41, 5.74) is 0.646. The number of halogens is 6. The monoisotopic (exact) mass is 577 g/mol. The van der Waals surface area contributed by atoms with Crippen LogP contribution in [-0.4, -0.2) is 63.3 Å². The second-order valence-corrected chi connectivity index (χ2v) is 7.35. The van der Waals surface area contributed by atoms with Crippen LogP contribution in [0.15, 0.2) is 36.7 Å². The van der Waals surface area contributed by atoms with Gasteiger partial charge in [0, 0.05) is 6.20 Å². The highest BCUT2D eigenvalue weighted by Gasteiger charge is 2.30. The molecule has 2 N–H and O–H groups in total. The number of hydrogen-bond donors (Lipinski definition) is 2. The normalized spacial score (nSPS) is 11.2. The average molecular weight is 577 g/mol. The largest absolute Gasteiger partial charge is 0.468 e. The first-order valence-corrected chi connectivity index (χ1v) is 10.7. The van der Waals surface area contributed by atoms with Crippen molar-refractivity contribution in [2.75, 3.05) is 19.0 Å². The Labute approximate surface area is 221 Å². The Balaban J connectivity index is 0.00000103. The maximum Gasteiger partial charge on any atom is 0.416 e. The molecule has 0 saturated carbocycles. The van der Waals surface area contributed by atoms with Crippen LogP contribution in [0.1, 0.15) is 24.1 Å². The average Bonchev–Trinajstić information content (AvgIpc) is 3.36. The van der Waals surface area contributed by atoms with Crippen molar-refractivity contribution in [1.82, 2.24) is 30.3 Å². The van der Waals surface area contributed by atoms with Gasteiger partial charge in [0.15, 0.2) is 0 Å². The van der Waals surface area contributed by atoms with Gasteiger partial charge in [-0.1, -0.05) is 5.21 Å². The van der Waals surface area contributed by atoms with Crippen molar-refractivity contribution in [3.63, 3.8) is 0 Å². The number of carbonyl (C=O) groups excluding carboxylic acids is 4. The van der Waals surface area contributed by atoms with Crippen molar-refractivity contribution in [2.24, 2.45) is 0 Å². The number of methoxy groups -OCH3 is 1. The molecule has 18 heteroatoms. The Bertz CT molecular complexity index is 1310. The molecule has 3 rings (SSSR count). The highest BCUT2D eigenvalue weighted by atomic mass is 19.4. The minimum Gasteiger partial charge on any atom is -0.468 e. The number of esters is 1. The van der Waals surface area contributed by atoms with Crippen LogP contribution < -0.4 is 10.6 Å². The molecule has 40 heavy (non-hydrogen) atoms. The Hall–Kier alpha value is -4.86. The SMILES string of the molecule is COC(=O)CNC(=O)[C@H](C)n1cc(-c2cc(C)cc(Nc3cc(C(F)(F)F)ccn3)n2)nn1.FC(F)F.O=C=O. The van der Waals surface area contributed by atoms with Crippen LogP contribution in [0.4, 0.5) is 38.0 Å². The van der Waals surface area contributed by atoms with Crippen molar-refractivity contribution < 1.29 is 50.3 Å². The van der Waals surface area contributed by atoms with E-state index >= 15 is 0 Å². The number of aryl methyl sites for hydroxylation is 1. The lowest BCUT2D eigenvalue weighted by Crippen LogP contribution is -2.35.